The lowest BCUT2D eigenvalue weighted by Crippen LogP contribution is -2.18. The summed E-state index contributed by atoms with van der Waals surface area (Å²) >= 11 is 0. The molecule has 1 nitrogen and oxygen atoms in total. The number of halogens is 4. The van der Waals surface area contributed by atoms with Gasteiger partial charge in [0.2, 0.25) is 0 Å². The average Bonchev–Trinajstić information content (AvgIpc) is 2.09. The molecule has 0 aromatic heterocycles. The molecule has 5 heteroatoms. The van der Waals surface area contributed by atoms with Crippen molar-refractivity contribution in [2.45, 2.75) is 26.6 Å². The molecular formula is C11H12F4O. The van der Waals surface area contributed by atoms with Gasteiger partial charge in [0.25, 0.3) is 0 Å². The monoisotopic (exact) mass is 236 g/mol. The lowest BCUT2D eigenvalue weighted by Gasteiger charge is -2.12. The molecule has 0 atom stereocenters. The smallest absolute Gasteiger partial charge is 0.403 e. The molecule has 0 radical (unpaired) electrons. The van der Waals surface area contributed by atoms with Crippen LogP contribution in [0.2, 0.25) is 0 Å². The van der Waals surface area contributed by atoms with Crippen LogP contribution in [0.1, 0.15) is 19.4 Å². The van der Waals surface area contributed by atoms with E-state index in [1.54, 1.807) is 0 Å². The van der Waals surface area contributed by atoms with Gasteiger partial charge in [-0.05, 0) is 24.0 Å². The zero-order valence-electron chi connectivity index (χ0n) is 8.94. The van der Waals surface area contributed by atoms with Crippen molar-refractivity contribution in [1.29, 1.82) is 0 Å². The van der Waals surface area contributed by atoms with E-state index in [9.17, 15) is 17.6 Å². The van der Waals surface area contributed by atoms with Crippen molar-refractivity contribution in [3.05, 3.63) is 29.6 Å². The summed E-state index contributed by atoms with van der Waals surface area (Å²) in [5, 5.41) is 0. The van der Waals surface area contributed by atoms with Crippen molar-refractivity contribution in [2.24, 2.45) is 5.92 Å². The molecule has 0 saturated heterocycles. The van der Waals surface area contributed by atoms with Crippen molar-refractivity contribution in [1.82, 2.24) is 0 Å². The average molecular weight is 236 g/mol. The summed E-state index contributed by atoms with van der Waals surface area (Å²) in [5.74, 6) is -1.55. The van der Waals surface area contributed by atoms with E-state index in [4.69, 9.17) is 0 Å². The van der Waals surface area contributed by atoms with Gasteiger partial charge in [0.15, 0.2) is 11.6 Å². The Balaban J connectivity index is 2.95. The molecule has 0 fully saturated rings. The molecule has 0 saturated carbocycles. The first-order chi connectivity index (χ1) is 7.29. The van der Waals surface area contributed by atoms with Crippen LogP contribution in [0.4, 0.5) is 17.6 Å². The predicted molar refractivity (Wildman–Crippen MR) is 51.6 cm³/mol. The number of alkyl halides is 3. The van der Waals surface area contributed by atoms with Gasteiger partial charge < -0.3 is 4.74 Å². The van der Waals surface area contributed by atoms with Gasteiger partial charge in [-0.3, -0.25) is 0 Å². The van der Waals surface area contributed by atoms with Crippen LogP contribution in [0.25, 0.3) is 0 Å². The molecule has 0 aliphatic heterocycles. The molecular weight excluding hydrogens is 224 g/mol. The highest BCUT2D eigenvalue weighted by molar-refractivity contribution is 5.31. The molecule has 0 unspecified atom stereocenters. The summed E-state index contributed by atoms with van der Waals surface area (Å²) in [6, 6.07) is 3.77. The summed E-state index contributed by atoms with van der Waals surface area (Å²) < 4.78 is 52.9. The third kappa shape index (κ3) is 3.72. The fourth-order valence-corrected chi connectivity index (χ4v) is 1.36. The zero-order chi connectivity index (χ0) is 12.3. The van der Waals surface area contributed by atoms with Crippen LogP contribution in [-0.4, -0.2) is 6.36 Å². The van der Waals surface area contributed by atoms with Crippen LogP contribution in [0.5, 0.6) is 5.75 Å². The fraction of sp³-hybridized carbons (Fsp3) is 0.455. The van der Waals surface area contributed by atoms with E-state index in [0.29, 0.717) is 6.42 Å². The summed E-state index contributed by atoms with van der Waals surface area (Å²) in [4.78, 5) is 0. The van der Waals surface area contributed by atoms with Gasteiger partial charge in [0.05, 0.1) is 0 Å². The Bertz CT molecular complexity index is 357. The fourth-order valence-electron chi connectivity index (χ4n) is 1.36. The van der Waals surface area contributed by atoms with Gasteiger partial charge in [0.1, 0.15) is 0 Å². The molecule has 16 heavy (non-hydrogen) atoms. The van der Waals surface area contributed by atoms with Gasteiger partial charge in [-0.25, -0.2) is 4.39 Å². The van der Waals surface area contributed by atoms with Crippen LogP contribution >= 0.6 is 0 Å². The van der Waals surface area contributed by atoms with Gasteiger partial charge in [0, 0.05) is 0 Å². The topological polar surface area (TPSA) is 9.23 Å². The Morgan fingerprint density at radius 3 is 2.38 bits per heavy atom. The summed E-state index contributed by atoms with van der Waals surface area (Å²) in [6.07, 6.45) is -4.49. The predicted octanol–water partition coefficient (Wildman–Crippen LogP) is 3.92. The first-order valence-electron chi connectivity index (χ1n) is 4.82. The van der Waals surface area contributed by atoms with Crippen LogP contribution in [-0.2, 0) is 6.42 Å². The van der Waals surface area contributed by atoms with E-state index in [1.807, 2.05) is 13.8 Å². The minimum atomic E-state index is -4.86. The molecule has 0 aliphatic rings. The molecule has 0 aliphatic carbocycles. The minimum Gasteiger partial charge on any atom is -0.403 e. The van der Waals surface area contributed by atoms with Crippen LogP contribution in [0.15, 0.2) is 18.2 Å². The normalized spacial score (nSPS) is 11.9. The number of rotatable bonds is 3. The first kappa shape index (κ1) is 12.8. The third-order valence-corrected chi connectivity index (χ3v) is 1.90. The van der Waals surface area contributed by atoms with E-state index in [0.717, 1.165) is 6.07 Å². The standard InChI is InChI=1S/C11H12F4O/c1-7(2)6-8-4-3-5-9(10(8)12)16-11(13,14)15/h3-5,7H,6H2,1-2H3. The second kappa shape index (κ2) is 4.72. The molecule has 0 amide bonds. The van der Waals surface area contributed by atoms with Gasteiger partial charge in [-0.2, -0.15) is 0 Å². The van der Waals surface area contributed by atoms with E-state index in [-0.39, 0.29) is 11.5 Å². The van der Waals surface area contributed by atoms with Gasteiger partial charge in [-0.1, -0.05) is 26.0 Å². The van der Waals surface area contributed by atoms with Gasteiger partial charge in [-0.15, -0.1) is 13.2 Å². The SMILES string of the molecule is CC(C)Cc1cccc(OC(F)(F)F)c1F. The zero-order valence-corrected chi connectivity index (χ0v) is 8.94. The van der Waals surface area contributed by atoms with Gasteiger partial charge >= 0.3 is 6.36 Å². The van der Waals surface area contributed by atoms with E-state index < -0.39 is 17.9 Å². The Hall–Kier alpha value is -1.26. The maximum atomic E-state index is 13.5. The highest BCUT2D eigenvalue weighted by atomic mass is 19.4. The van der Waals surface area contributed by atoms with Crippen LogP contribution in [0.3, 0.4) is 0 Å². The minimum absolute atomic E-state index is 0.163. The van der Waals surface area contributed by atoms with Crippen molar-refractivity contribution >= 4 is 0 Å². The van der Waals surface area contributed by atoms with Crippen molar-refractivity contribution in [3.63, 3.8) is 0 Å². The molecule has 1 aromatic rings. The Morgan fingerprint density at radius 1 is 1.25 bits per heavy atom. The van der Waals surface area contributed by atoms with Crippen LogP contribution in [0, 0.1) is 11.7 Å². The Kier molecular flexibility index (Phi) is 3.78. The molecule has 0 heterocycles. The third-order valence-electron chi connectivity index (χ3n) is 1.90. The van der Waals surface area contributed by atoms with E-state index >= 15 is 0 Å². The molecule has 0 spiro atoms. The molecule has 1 rings (SSSR count). The second-order valence-corrected chi connectivity index (χ2v) is 3.88. The van der Waals surface area contributed by atoms with E-state index in [2.05, 4.69) is 4.74 Å². The Morgan fingerprint density at radius 2 is 1.88 bits per heavy atom. The number of hydrogen-bond acceptors (Lipinski definition) is 1. The van der Waals surface area contributed by atoms with Crippen molar-refractivity contribution in [3.8, 4) is 5.75 Å². The van der Waals surface area contributed by atoms with E-state index in [1.165, 1.54) is 12.1 Å². The van der Waals surface area contributed by atoms with Crippen molar-refractivity contribution in [2.75, 3.05) is 0 Å². The highest BCUT2D eigenvalue weighted by Crippen LogP contribution is 2.28. The first-order valence-corrected chi connectivity index (χ1v) is 4.82. The Labute approximate surface area is 91.0 Å². The number of benzene rings is 1. The maximum absolute atomic E-state index is 13.5. The quantitative estimate of drug-likeness (QED) is 0.722. The number of ether oxygens (including phenoxy) is 1. The molecule has 0 bridgehead atoms. The summed E-state index contributed by atoms with van der Waals surface area (Å²) in [5.41, 5.74) is 0.233. The molecule has 90 valence electrons. The maximum Gasteiger partial charge on any atom is 0.573 e. The summed E-state index contributed by atoms with van der Waals surface area (Å²) in [6.45, 7) is 3.72. The van der Waals surface area contributed by atoms with Crippen LogP contribution < -0.4 is 4.74 Å². The number of hydrogen-bond donors (Lipinski definition) is 0. The lowest BCUT2D eigenvalue weighted by atomic mass is 10.0. The molecule has 1 aromatic carbocycles. The second-order valence-electron chi connectivity index (χ2n) is 3.88. The lowest BCUT2D eigenvalue weighted by molar-refractivity contribution is -0.275. The highest BCUT2D eigenvalue weighted by Gasteiger charge is 2.32. The largest absolute Gasteiger partial charge is 0.573 e. The summed E-state index contributed by atoms with van der Waals surface area (Å²) in [7, 11) is 0. The molecule has 0 N–H and O–H groups in total. The van der Waals surface area contributed by atoms with Crippen molar-refractivity contribution < 1.29 is 22.3 Å².